The summed E-state index contributed by atoms with van der Waals surface area (Å²) in [6.07, 6.45) is 3.46. The van der Waals surface area contributed by atoms with Crippen LogP contribution < -0.4 is 10.9 Å². The highest BCUT2D eigenvalue weighted by Crippen LogP contribution is 2.26. The fraction of sp³-hybridized carbons (Fsp3) is 0.160. The molecular weight excluding hydrogens is 448 g/mol. The summed E-state index contributed by atoms with van der Waals surface area (Å²) in [5, 5.41) is 16.8. The average Bonchev–Trinajstić information content (AvgIpc) is 3.45. The summed E-state index contributed by atoms with van der Waals surface area (Å²) >= 11 is 1.33. The summed E-state index contributed by atoms with van der Waals surface area (Å²) in [6, 6.07) is 19.0. The van der Waals surface area contributed by atoms with Crippen molar-refractivity contribution in [3.8, 4) is 16.9 Å². The van der Waals surface area contributed by atoms with E-state index >= 15 is 0 Å². The van der Waals surface area contributed by atoms with Crippen molar-refractivity contribution >= 4 is 22.4 Å². The first-order chi connectivity index (χ1) is 16.5. The number of pyridine rings is 1. The molecule has 34 heavy (non-hydrogen) atoms. The van der Waals surface area contributed by atoms with E-state index in [4.69, 9.17) is 0 Å². The first kappa shape index (κ1) is 21.7. The molecule has 0 bridgehead atoms. The third-order valence-corrected chi connectivity index (χ3v) is 6.47. The topological polar surface area (TPSA) is 94.7 Å². The van der Waals surface area contributed by atoms with E-state index in [9.17, 15) is 9.59 Å². The van der Waals surface area contributed by atoms with Crippen molar-refractivity contribution in [1.82, 2.24) is 24.5 Å². The normalized spacial score (nSPS) is 11.3. The van der Waals surface area contributed by atoms with Gasteiger partial charge in [0.25, 0.3) is 11.5 Å². The van der Waals surface area contributed by atoms with E-state index in [2.05, 4.69) is 20.6 Å². The van der Waals surface area contributed by atoms with Crippen molar-refractivity contribution in [3.05, 3.63) is 99.5 Å². The second-order valence-corrected chi connectivity index (χ2v) is 9.21. The Morgan fingerprint density at radius 2 is 1.71 bits per heavy atom. The Kier molecular flexibility index (Phi) is 5.77. The highest BCUT2D eigenvalue weighted by Gasteiger charge is 2.25. The zero-order valence-corrected chi connectivity index (χ0v) is 19.5. The molecule has 0 spiro atoms. The molecule has 9 heteroatoms. The van der Waals surface area contributed by atoms with Crippen LogP contribution in [-0.2, 0) is 6.54 Å². The summed E-state index contributed by atoms with van der Waals surface area (Å²) in [5.74, 6) is -0.180. The number of carbonyl (C=O) groups is 1. The summed E-state index contributed by atoms with van der Waals surface area (Å²) in [7, 11) is 0. The predicted octanol–water partition coefficient (Wildman–Crippen LogP) is 4.41. The van der Waals surface area contributed by atoms with Crippen LogP contribution in [0.3, 0.4) is 0 Å². The van der Waals surface area contributed by atoms with Crippen molar-refractivity contribution < 1.29 is 4.79 Å². The lowest BCUT2D eigenvalue weighted by atomic mass is 10.1. The quantitative estimate of drug-likeness (QED) is 0.397. The second-order valence-electron chi connectivity index (χ2n) is 8.20. The Morgan fingerprint density at radius 1 is 1.00 bits per heavy atom. The predicted molar refractivity (Wildman–Crippen MR) is 132 cm³/mol. The molecule has 2 aliphatic heterocycles. The molecule has 0 saturated carbocycles. The maximum atomic E-state index is 13.3. The number of rotatable bonds is 6. The van der Waals surface area contributed by atoms with Gasteiger partial charge in [-0.15, -0.1) is 10.2 Å². The van der Waals surface area contributed by atoms with Crippen molar-refractivity contribution in [3.63, 3.8) is 0 Å². The van der Waals surface area contributed by atoms with Crippen LogP contribution in [0.2, 0.25) is 0 Å². The standard InChI is InChI=1S/C25H22N6O2S/c1-16(2)23-27-28-25(34-23)26-22(32)19-14-30(13-17-9-5-3-6-10-17)15-20-21(19)29-31(24(20)33)18-11-7-4-8-12-18/h3-12,14-16H,13H2,1-2H3,(H,26,28,32). The number of nitrogens with zero attached hydrogens (tertiary/aromatic N) is 5. The Balaban J connectivity index is 1.60. The van der Waals surface area contributed by atoms with Crippen molar-refractivity contribution in [1.29, 1.82) is 0 Å². The number of anilines is 1. The Labute approximate surface area is 199 Å². The third-order valence-electron chi connectivity index (χ3n) is 5.33. The first-order valence-corrected chi connectivity index (χ1v) is 11.7. The van der Waals surface area contributed by atoms with E-state index < -0.39 is 5.91 Å². The lowest BCUT2D eigenvalue weighted by Gasteiger charge is -2.12. The molecule has 170 valence electrons. The van der Waals surface area contributed by atoms with Gasteiger partial charge >= 0.3 is 0 Å². The first-order valence-electron chi connectivity index (χ1n) is 10.9. The number of benzene rings is 2. The van der Waals surface area contributed by atoms with E-state index in [1.807, 2.05) is 66.9 Å². The van der Waals surface area contributed by atoms with Crippen LogP contribution in [0.5, 0.6) is 0 Å². The Bertz CT molecular complexity index is 1470. The van der Waals surface area contributed by atoms with Crippen LogP contribution in [0, 0.1) is 0 Å². The van der Waals surface area contributed by atoms with Crippen LogP contribution >= 0.6 is 11.3 Å². The molecule has 0 fully saturated rings. The zero-order chi connectivity index (χ0) is 23.7. The fourth-order valence-electron chi connectivity index (χ4n) is 3.64. The van der Waals surface area contributed by atoms with E-state index in [1.165, 1.54) is 16.0 Å². The van der Waals surface area contributed by atoms with Gasteiger partial charge in [-0.3, -0.25) is 14.9 Å². The average molecular weight is 471 g/mol. The van der Waals surface area contributed by atoms with Gasteiger partial charge in [-0.1, -0.05) is 73.7 Å². The maximum Gasteiger partial charge on any atom is 0.282 e. The van der Waals surface area contributed by atoms with Crippen molar-refractivity contribution in [2.75, 3.05) is 5.32 Å². The lowest BCUT2D eigenvalue weighted by molar-refractivity contribution is 0.102. The van der Waals surface area contributed by atoms with Gasteiger partial charge in [0.05, 0.1) is 16.8 Å². The molecule has 2 aromatic carbocycles. The van der Waals surface area contributed by atoms with Crippen LogP contribution in [0.1, 0.15) is 40.7 Å². The molecule has 3 heterocycles. The van der Waals surface area contributed by atoms with Gasteiger partial charge < -0.3 is 4.57 Å². The van der Waals surface area contributed by atoms with E-state index in [0.29, 0.717) is 34.2 Å². The molecule has 1 N–H and O–H groups in total. The Hall–Kier alpha value is -4.11. The molecule has 0 saturated heterocycles. The molecule has 1 aromatic heterocycles. The molecule has 5 rings (SSSR count). The van der Waals surface area contributed by atoms with Gasteiger partial charge in [0.1, 0.15) is 10.7 Å². The summed E-state index contributed by atoms with van der Waals surface area (Å²) in [5.41, 5.74) is 2.40. The molecule has 0 unspecified atom stereocenters. The molecule has 3 aromatic rings. The minimum Gasteiger partial charge on any atom is -0.348 e. The highest BCUT2D eigenvalue weighted by atomic mass is 32.1. The van der Waals surface area contributed by atoms with Crippen LogP contribution in [0.15, 0.2) is 77.9 Å². The molecular formula is C25H22N6O2S. The fourth-order valence-corrected chi connectivity index (χ4v) is 4.38. The van der Waals surface area contributed by atoms with E-state index in [1.54, 1.807) is 24.5 Å². The number of nitrogens with one attached hydrogen (secondary N) is 1. The largest absolute Gasteiger partial charge is 0.348 e. The molecule has 0 aliphatic carbocycles. The van der Waals surface area contributed by atoms with Crippen molar-refractivity contribution in [2.24, 2.45) is 0 Å². The number of para-hydroxylation sites is 1. The molecule has 0 atom stereocenters. The molecule has 1 amide bonds. The maximum absolute atomic E-state index is 13.3. The van der Waals surface area contributed by atoms with Gasteiger partial charge in [-0.25, -0.2) is 0 Å². The van der Waals surface area contributed by atoms with Crippen LogP contribution in [0.25, 0.3) is 16.9 Å². The second kappa shape index (κ2) is 9.03. The minimum absolute atomic E-state index is 0.212. The van der Waals surface area contributed by atoms with Gasteiger partial charge in [0.15, 0.2) is 0 Å². The third kappa shape index (κ3) is 4.25. The SMILES string of the molecule is CC(C)c1nnc(NC(=O)c2cn(Cc3ccccc3)cc3c(=O)n(-c4ccccc4)nc2-3)s1. The Morgan fingerprint density at radius 3 is 2.38 bits per heavy atom. The lowest BCUT2D eigenvalue weighted by Crippen LogP contribution is -2.18. The van der Waals surface area contributed by atoms with Gasteiger partial charge in [-0.2, -0.15) is 9.78 Å². The van der Waals surface area contributed by atoms with Crippen molar-refractivity contribution in [2.45, 2.75) is 26.3 Å². The van der Waals surface area contributed by atoms with E-state index in [-0.39, 0.29) is 11.5 Å². The van der Waals surface area contributed by atoms with E-state index in [0.717, 1.165) is 10.6 Å². The summed E-state index contributed by atoms with van der Waals surface area (Å²) < 4.78 is 3.17. The smallest absolute Gasteiger partial charge is 0.282 e. The number of fused-ring (bicyclic) bond motifs is 1. The van der Waals surface area contributed by atoms with Crippen LogP contribution in [-0.4, -0.2) is 30.5 Å². The van der Waals surface area contributed by atoms with Crippen LogP contribution in [0.4, 0.5) is 5.13 Å². The number of amides is 1. The molecule has 0 radical (unpaired) electrons. The number of carbonyl (C=O) groups excluding carboxylic acids is 1. The van der Waals surface area contributed by atoms with Gasteiger partial charge in [-0.05, 0) is 17.7 Å². The van der Waals surface area contributed by atoms with Gasteiger partial charge in [0, 0.05) is 24.9 Å². The van der Waals surface area contributed by atoms with Gasteiger partial charge in [0.2, 0.25) is 5.13 Å². The molecule has 8 nitrogen and oxygen atoms in total. The monoisotopic (exact) mass is 470 g/mol. The number of hydrogen-bond donors (Lipinski definition) is 1. The highest BCUT2D eigenvalue weighted by molar-refractivity contribution is 7.15. The summed E-state index contributed by atoms with van der Waals surface area (Å²) in [4.78, 5) is 26.6. The number of aromatic nitrogens is 5. The minimum atomic E-state index is -0.392. The molecule has 2 aliphatic rings. The number of hydrogen-bond acceptors (Lipinski definition) is 6. The zero-order valence-electron chi connectivity index (χ0n) is 18.7. The summed E-state index contributed by atoms with van der Waals surface area (Å²) in [6.45, 7) is 4.54.